The van der Waals surface area contributed by atoms with E-state index in [0.29, 0.717) is 0 Å². The first-order valence-electron chi connectivity index (χ1n) is 6.41. The highest BCUT2D eigenvalue weighted by atomic mass is 79.9. The third kappa shape index (κ3) is 2.48. The number of aryl methyl sites for hydroxylation is 3. The van der Waals surface area contributed by atoms with Crippen LogP contribution in [0.25, 0.3) is 5.82 Å². The highest BCUT2D eigenvalue weighted by Gasteiger charge is 2.11. The van der Waals surface area contributed by atoms with E-state index in [2.05, 4.69) is 63.5 Å². The second-order valence-electron chi connectivity index (χ2n) is 4.22. The molecule has 2 heterocycles. The molecule has 0 spiro atoms. The van der Waals surface area contributed by atoms with Crippen molar-refractivity contribution in [1.29, 1.82) is 0 Å². The first-order chi connectivity index (χ1) is 8.69. The fraction of sp³-hybridized carbons (Fsp3) is 0.429. The molecule has 0 fully saturated rings. The van der Waals surface area contributed by atoms with Crippen LogP contribution >= 0.6 is 15.9 Å². The molecule has 2 aromatic rings. The highest BCUT2D eigenvalue weighted by molar-refractivity contribution is 9.10. The van der Waals surface area contributed by atoms with Gasteiger partial charge in [-0.05, 0) is 40.4 Å². The van der Waals surface area contributed by atoms with Crippen molar-refractivity contribution in [1.82, 2.24) is 14.5 Å². The second-order valence-corrected chi connectivity index (χ2v) is 5.13. The zero-order valence-corrected chi connectivity index (χ0v) is 12.7. The number of nitrogens with zero attached hydrogens (tertiary/aromatic N) is 3. The molecule has 0 aliphatic heterocycles. The largest absolute Gasteiger partial charge is 0.287 e. The Morgan fingerprint density at radius 1 is 1.17 bits per heavy atom. The molecular formula is C14H18BrN3. The molecule has 0 radical (unpaired) electrons. The Labute approximate surface area is 116 Å². The van der Waals surface area contributed by atoms with Crippen LogP contribution in [0.5, 0.6) is 0 Å². The number of pyridine rings is 1. The van der Waals surface area contributed by atoms with E-state index in [1.165, 1.54) is 5.56 Å². The number of imidazole rings is 1. The minimum Gasteiger partial charge on any atom is -0.287 e. The van der Waals surface area contributed by atoms with Gasteiger partial charge in [0.2, 0.25) is 0 Å². The van der Waals surface area contributed by atoms with Crippen molar-refractivity contribution in [3.05, 3.63) is 40.0 Å². The normalized spacial score (nSPS) is 10.9. The maximum Gasteiger partial charge on any atom is 0.141 e. The van der Waals surface area contributed by atoms with Crippen molar-refractivity contribution >= 4 is 15.9 Å². The summed E-state index contributed by atoms with van der Waals surface area (Å²) in [5.41, 5.74) is 2.36. The zero-order chi connectivity index (χ0) is 13.1. The van der Waals surface area contributed by atoms with Gasteiger partial charge >= 0.3 is 0 Å². The van der Waals surface area contributed by atoms with Crippen molar-refractivity contribution in [3.8, 4) is 5.82 Å². The van der Waals surface area contributed by atoms with Crippen LogP contribution in [0, 0.1) is 0 Å². The number of halogens is 1. The Balaban J connectivity index is 2.56. The number of hydrogen-bond acceptors (Lipinski definition) is 2. The molecule has 0 saturated heterocycles. The molecule has 0 aliphatic rings. The molecule has 0 amide bonds. The number of rotatable bonds is 4. The molecular weight excluding hydrogens is 290 g/mol. The Morgan fingerprint density at radius 3 is 2.56 bits per heavy atom. The lowest BCUT2D eigenvalue weighted by Crippen LogP contribution is -2.05. The third-order valence-corrected chi connectivity index (χ3v) is 3.46. The van der Waals surface area contributed by atoms with Crippen LogP contribution in [0.3, 0.4) is 0 Å². The fourth-order valence-electron chi connectivity index (χ4n) is 2.03. The van der Waals surface area contributed by atoms with Crippen molar-refractivity contribution in [3.63, 3.8) is 0 Å². The molecule has 3 nitrogen and oxygen atoms in total. The van der Waals surface area contributed by atoms with Gasteiger partial charge in [-0.1, -0.05) is 20.8 Å². The van der Waals surface area contributed by atoms with Gasteiger partial charge in [-0.25, -0.2) is 9.97 Å². The lowest BCUT2D eigenvalue weighted by atomic mass is 10.2. The summed E-state index contributed by atoms with van der Waals surface area (Å²) < 4.78 is 3.15. The Kier molecular flexibility index (Phi) is 4.17. The molecule has 4 heteroatoms. The van der Waals surface area contributed by atoms with Gasteiger partial charge in [0.1, 0.15) is 11.6 Å². The van der Waals surface area contributed by atoms with E-state index in [0.717, 1.165) is 41.1 Å². The smallest absolute Gasteiger partial charge is 0.141 e. The molecule has 0 aromatic carbocycles. The number of aromatic nitrogens is 3. The Bertz CT molecular complexity index is 546. The van der Waals surface area contributed by atoms with E-state index >= 15 is 0 Å². The van der Waals surface area contributed by atoms with E-state index in [1.54, 1.807) is 0 Å². The molecule has 0 atom stereocenters. The maximum atomic E-state index is 4.63. The van der Waals surface area contributed by atoms with Gasteiger partial charge in [-0.15, -0.1) is 0 Å². The standard InChI is InChI=1S/C14H18BrN3/c1-4-10-7-11(15)8-16-14(10)18-9-12(5-2)17-13(18)6-3/h7-9H,4-6H2,1-3H3. The average molecular weight is 308 g/mol. The molecule has 18 heavy (non-hydrogen) atoms. The SMILES string of the molecule is CCc1cn(-c2ncc(Br)cc2CC)c(CC)n1. The van der Waals surface area contributed by atoms with Crippen molar-refractivity contribution in [2.75, 3.05) is 0 Å². The van der Waals surface area contributed by atoms with Gasteiger partial charge in [0.25, 0.3) is 0 Å². The summed E-state index contributed by atoms with van der Waals surface area (Å²) in [6, 6.07) is 2.13. The van der Waals surface area contributed by atoms with Gasteiger partial charge in [0.05, 0.1) is 5.69 Å². The topological polar surface area (TPSA) is 30.7 Å². The van der Waals surface area contributed by atoms with Crippen LogP contribution in [-0.2, 0) is 19.3 Å². The summed E-state index contributed by atoms with van der Waals surface area (Å²) in [7, 11) is 0. The summed E-state index contributed by atoms with van der Waals surface area (Å²) in [6.45, 7) is 6.40. The van der Waals surface area contributed by atoms with Gasteiger partial charge in [-0.2, -0.15) is 0 Å². The summed E-state index contributed by atoms with van der Waals surface area (Å²) in [5.74, 6) is 2.08. The van der Waals surface area contributed by atoms with E-state index < -0.39 is 0 Å². The van der Waals surface area contributed by atoms with Gasteiger partial charge in [0, 0.05) is 23.3 Å². The van der Waals surface area contributed by atoms with Gasteiger partial charge < -0.3 is 0 Å². The summed E-state index contributed by atoms with van der Waals surface area (Å²) in [4.78, 5) is 9.18. The highest BCUT2D eigenvalue weighted by Crippen LogP contribution is 2.20. The first-order valence-corrected chi connectivity index (χ1v) is 7.20. The second kappa shape index (κ2) is 5.65. The maximum absolute atomic E-state index is 4.63. The summed E-state index contributed by atoms with van der Waals surface area (Å²) >= 11 is 3.48. The first kappa shape index (κ1) is 13.3. The minimum atomic E-state index is 0.918. The quantitative estimate of drug-likeness (QED) is 0.862. The fourth-order valence-corrected chi connectivity index (χ4v) is 2.40. The van der Waals surface area contributed by atoms with Crippen LogP contribution in [-0.4, -0.2) is 14.5 Å². The molecule has 0 aliphatic carbocycles. The third-order valence-electron chi connectivity index (χ3n) is 3.03. The molecule has 0 bridgehead atoms. The molecule has 0 N–H and O–H groups in total. The molecule has 2 aromatic heterocycles. The molecule has 0 unspecified atom stereocenters. The van der Waals surface area contributed by atoms with Crippen molar-refractivity contribution in [2.24, 2.45) is 0 Å². The van der Waals surface area contributed by atoms with E-state index in [1.807, 2.05) is 6.20 Å². The van der Waals surface area contributed by atoms with Crippen LogP contribution in [0.1, 0.15) is 37.9 Å². The van der Waals surface area contributed by atoms with Crippen molar-refractivity contribution < 1.29 is 0 Å². The Morgan fingerprint density at radius 2 is 1.94 bits per heavy atom. The predicted molar refractivity (Wildman–Crippen MR) is 77.2 cm³/mol. The zero-order valence-electron chi connectivity index (χ0n) is 11.1. The van der Waals surface area contributed by atoms with Gasteiger partial charge in [0.15, 0.2) is 0 Å². The van der Waals surface area contributed by atoms with Crippen LogP contribution in [0.4, 0.5) is 0 Å². The van der Waals surface area contributed by atoms with Crippen molar-refractivity contribution in [2.45, 2.75) is 40.0 Å². The van der Waals surface area contributed by atoms with Crippen LogP contribution in [0.15, 0.2) is 22.9 Å². The molecule has 0 saturated carbocycles. The van der Waals surface area contributed by atoms with E-state index in [4.69, 9.17) is 0 Å². The molecule has 96 valence electrons. The predicted octanol–water partition coefficient (Wildman–Crippen LogP) is 3.72. The minimum absolute atomic E-state index is 0.918. The van der Waals surface area contributed by atoms with Crippen LogP contribution < -0.4 is 0 Å². The average Bonchev–Trinajstić information content (AvgIpc) is 2.81. The van der Waals surface area contributed by atoms with Gasteiger partial charge in [-0.3, -0.25) is 4.57 Å². The van der Waals surface area contributed by atoms with E-state index in [9.17, 15) is 0 Å². The molecule has 2 rings (SSSR count). The number of hydrogen-bond donors (Lipinski definition) is 0. The van der Waals surface area contributed by atoms with Crippen LogP contribution in [0.2, 0.25) is 0 Å². The summed E-state index contributed by atoms with van der Waals surface area (Å²) in [6.07, 6.45) is 6.79. The Hall–Kier alpha value is -1.16. The monoisotopic (exact) mass is 307 g/mol. The lowest BCUT2D eigenvalue weighted by Gasteiger charge is -2.10. The lowest BCUT2D eigenvalue weighted by molar-refractivity contribution is 0.849. The van der Waals surface area contributed by atoms with E-state index in [-0.39, 0.29) is 0 Å². The summed E-state index contributed by atoms with van der Waals surface area (Å²) in [5, 5.41) is 0.